The van der Waals surface area contributed by atoms with Crippen molar-refractivity contribution in [1.29, 1.82) is 0 Å². The van der Waals surface area contributed by atoms with E-state index >= 15 is 0 Å². The average molecular weight is 465 g/mol. The van der Waals surface area contributed by atoms with Gasteiger partial charge in [0.2, 0.25) is 0 Å². The number of unbranched alkanes of at least 4 members (excludes halogenated alkanes) is 7. The lowest BCUT2D eigenvalue weighted by molar-refractivity contribution is 0.180. The number of aliphatic hydroxyl groups excluding tert-OH is 1. The predicted octanol–water partition coefficient (Wildman–Crippen LogP) is 2.80. The highest BCUT2D eigenvalue weighted by molar-refractivity contribution is 7.81. The monoisotopic (exact) mass is 464 g/mol. The molecule has 1 aromatic heterocycles. The summed E-state index contributed by atoms with van der Waals surface area (Å²) >= 11 is 0.242. The molecular weight excluding hydrogens is 436 g/mol. The van der Waals surface area contributed by atoms with Gasteiger partial charge in [-0.15, -0.1) is 0 Å². The summed E-state index contributed by atoms with van der Waals surface area (Å²) in [6.07, 6.45) is 11.7. The molecule has 0 radical (unpaired) electrons. The van der Waals surface area contributed by atoms with Crippen molar-refractivity contribution in [3.8, 4) is 10.4 Å². The van der Waals surface area contributed by atoms with Gasteiger partial charge in [-0.2, -0.15) is 16.8 Å². The van der Waals surface area contributed by atoms with Crippen LogP contribution < -0.4 is 8.37 Å². The van der Waals surface area contributed by atoms with Crippen molar-refractivity contribution in [2.75, 3.05) is 0 Å². The molecule has 1 aromatic rings. The van der Waals surface area contributed by atoms with Crippen LogP contribution >= 0.6 is 11.3 Å². The Hall–Kier alpha value is -1.06. The van der Waals surface area contributed by atoms with Gasteiger partial charge in [0, 0.05) is 0 Å². The van der Waals surface area contributed by atoms with Crippen LogP contribution in [-0.2, 0) is 20.8 Å². The van der Waals surface area contributed by atoms with E-state index in [4.69, 9.17) is 14.2 Å². The molecule has 0 aromatic carbocycles. The summed E-state index contributed by atoms with van der Waals surface area (Å²) in [5, 5.41) is 13.7. The second kappa shape index (κ2) is 14.0. The number of hydrogen-bond donors (Lipinski definition) is 3. The number of rotatable bonds is 13. The van der Waals surface area contributed by atoms with E-state index in [2.05, 4.69) is 25.5 Å². The zero-order valence-corrected chi connectivity index (χ0v) is 18.3. The second-order valence-corrected chi connectivity index (χ2v) is 8.92. The van der Waals surface area contributed by atoms with Crippen LogP contribution in [-0.4, -0.2) is 47.3 Å². The lowest BCUT2D eigenvalue weighted by Gasteiger charge is -2.03. The van der Waals surface area contributed by atoms with Gasteiger partial charge in [-0.05, 0) is 24.7 Å². The molecule has 14 heteroatoms. The Bertz CT molecular complexity index is 684. The van der Waals surface area contributed by atoms with Crippen LogP contribution in [0.1, 0.15) is 71.6 Å². The maximum Gasteiger partial charge on any atom is 0.448 e. The fourth-order valence-corrected chi connectivity index (χ4v) is 3.55. The van der Waals surface area contributed by atoms with E-state index in [1.54, 1.807) is 0 Å². The van der Waals surface area contributed by atoms with Gasteiger partial charge in [0.15, 0.2) is 0 Å². The van der Waals surface area contributed by atoms with E-state index in [9.17, 15) is 16.8 Å². The summed E-state index contributed by atoms with van der Waals surface area (Å²) in [7, 11) is -9.53. The molecule has 1 heterocycles. The maximum atomic E-state index is 10.2. The number of hydrogen-bond acceptors (Lipinski definition) is 10. The van der Waals surface area contributed by atoms with E-state index in [1.807, 2.05) is 6.92 Å². The Morgan fingerprint density at radius 2 is 1.25 bits per heavy atom. The second-order valence-electron chi connectivity index (χ2n) is 5.97. The highest BCUT2D eigenvalue weighted by Gasteiger charge is 2.16. The summed E-state index contributed by atoms with van der Waals surface area (Å²) in [5.74, 6) is 0. The fraction of sp³-hybridized carbons (Fsp3) is 0.857. The quantitative estimate of drug-likeness (QED) is 0.289. The molecule has 0 saturated heterocycles. The highest BCUT2D eigenvalue weighted by atomic mass is 32.3. The molecule has 3 N–H and O–H groups in total. The SMILES string of the molecule is CCCCCCCCCCC(C)O.O=S(=O)(O)Oc1nnc(OS(=O)(=O)O)s1. The highest BCUT2D eigenvalue weighted by Crippen LogP contribution is 2.25. The molecule has 1 rings (SSSR count). The molecule has 0 aliphatic heterocycles. The first-order valence-electron chi connectivity index (χ1n) is 8.78. The molecule has 1 atom stereocenters. The smallest absolute Gasteiger partial charge is 0.393 e. The Kier molecular flexibility index (Phi) is 13.5. The van der Waals surface area contributed by atoms with Crippen LogP contribution in [0.2, 0.25) is 0 Å². The van der Waals surface area contributed by atoms with Crippen LogP contribution in [0, 0.1) is 0 Å². The number of aliphatic hydroxyl groups is 1. The van der Waals surface area contributed by atoms with Gasteiger partial charge in [0.1, 0.15) is 0 Å². The lowest BCUT2D eigenvalue weighted by Crippen LogP contribution is -2.06. The molecule has 0 saturated carbocycles. The summed E-state index contributed by atoms with van der Waals surface area (Å²) in [6.45, 7) is 4.13. The van der Waals surface area contributed by atoms with E-state index in [-0.39, 0.29) is 17.4 Å². The molecule has 0 spiro atoms. The molecule has 0 amide bonds. The van der Waals surface area contributed by atoms with Gasteiger partial charge in [0.05, 0.1) is 6.10 Å². The van der Waals surface area contributed by atoms with Crippen LogP contribution in [0.3, 0.4) is 0 Å². The number of nitrogens with zero attached hydrogens (tertiary/aromatic N) is 2. The molecule has 1 unspecified atom stereocenters. The van der Waals surface area contributed by atoms with Gasteiger partial charge in [-0.25, -0.2) is 0 Å². The van der Waals surface area contributed by atoms with Crippen molar-refractivity contribution >= 4 is 32.1 Å². The van der Waals surface area contributed by atoms with E-state index in [0.29, 0.717) is 0 Å². The zero-order chi connectivity index (χ0) is 21.6. The van der Waals surface area contributed by atoms with Crippen molar-refractivity contribution in [2.24, 2.45) is 0 Å². The van der Waals surface area contributed by atoms with Gasteiger partial charge in [-0.1, -0.05) is 68.5 Å². The third-order valence-electron chi connectivity index (χ3n) is 3.22. The maximum absolute atomic E-state index is 10.2. The minimum Gasteiger partial charge on any atom is -0.393 e. The largest absolute Gasteiger partial charge is 0.448 e. The zero-order valence-electron chi connectivity index (χ0n) is 15.9. The topological polar surface area (TPSA) is 173 Å². The van der Waals surface area contributed by atoms with E-state index in [1.165, 1.54) is 51.4 Å². The van der Waals surface area contributed by atoms with E-state index < -0.39 is 31.2 Å². The Morgan fingerprint density at radius 3 is 1.61 bits per heavy atom. The van der Waals surface area contributed by atoms with E-state index in [0.717, 1.165) is 6.42 Å². The molecule has 0 bridgehead atoms. The van der Waals surface area contributed by atoms with Gasteiger partial charge in [0.25, 0.3) is 0 Å². The Labute approximate surface area is 170 Å². The van der Waals surface area contributed by atoms with Crippen molar-refractivity contribution in [3.63, 3.8) is 0 Å². The minimum absolute atomic E-state index is 0.0971. The molecule has 166 valence electrons. The molecule has 0 aliphatic rings. The molecule has 28 heavy (non-hydrogen) atoms. The molecule has 0 aliphatic carbocycles. The van der Waals surface area contributed by atoms with Crippen molar-refractivity contribution in [2.45, 2.75) is 77.7 Å². The first-order valence-corrected chi connectivity index (χ1v) is 12.3. The number of aromatic nitrogens is 2. The molecular formula is C14H28N2O9S3. The van der Waals surface area contributed by atoms with Crippen molar-refractivity contribution in [3.05, 3.63) is 0 Å². The average Bonchev–Trinajstić information content (AvgIpc) is 2.93. The van der Waals surface area contributed by atoms with Crippen molar-refractivity contribution in [1.82, 2.24) is 10.2 Å². The Balaban J connectivity index is 0.000000528. The van der Waals surface area contributed by atoms with Crippen molar-refractivity contribution < 1.29 is 39.4 Å². The third-order valence-corrected chi connectivity index (χ3v) is 4.84. The van der Waals surface area contributed by atoms with Crippen LogP contribution in [0.4, 0.5) is 0 Å². The summed E-state index contributed by atoms with van der Waals surface area (Å²) in [6, 6.07) is 0. The van der Waals surface area contributed by atoms with Crippen LogP contribution in [0.25, 0.3) is 0 Å². The first-order chi connectivity index (χ1) is 12.9. The fourth-order valence-electron chi connectivity index (χ4n) is 2.02. The Morgan fingerprint density at radius 1 is 0.857 bits per heavy atom. The summed E-state index contributed by atoms with van der Waals surface area (Å²) in [5.41, 5.74) is 0. The summed E-state index contributed by atoms with van der Waals surface area (Å²) < 4.78 is 64.6. The first kappa shape index (κ1) is 26.9. The molecule has 11 nitrogen and oxygen atoms in total. The predicted molar refractivity (Wildman–Crippen MR) is 103 cm³/mol. The summed E-state index contributed by atoms with van der Waals surface area (Å²) in [4.78, 5) is 0. The van der Waals surface area contributed by atoms with Gasteiger partial charge in [-0.3, -0.25) is 9.11 Å². The molecule has 0 fully saturated rings. The van der Waals surface area contributed by atoms with Crippen LogP contribution in [0.15, 0.2) is 0 Å². The van der Waals surface area contributed by atoms with Gasteiger partial charge < -0.3 is 13.5 Å². The van der Waals surface area contributed by atoms with Gasteiger partial charge >= 0.3 is 31.2 Å². The van der Waals surface area contributed by atoms with Crippen LogP contribution in [0.5, 0.6) is 10.4 Å². The standard InChI is InChI=1S/C12H26O.C2H2N2O8S3/c1-3-4-5-6-7-8-9-10-11-12(2)13;5-14(6,7)11-1-3-4-2(13-1)12-15(8,9)10/h12-13H,3-11H2,1-2H3;(H,5,6,7)(H,8,9,10). The lowest BCUT2D eigenvalue weighted by atomic mass is 10.1. The normalized spacial score (nSPS) is 12.8. The minimum atomic E-state index is -4.77. The third kappa shape index (κ3) is 18.3.